The predicted octanol–water partition coefficient (Wildman–Crippen LogP) is 3.90. The van der Waals surface area contributed by atoms with Crippen molar-refractivity contribution in [3.8, 4) is 0 Å². The normalized spacial score (nSPS) is 12.3. The van der Waals surface area contributed by atoms with E-state index in [2.05, 4.69) is 42.5 Å². The van der Waals surface area contributed by atoms with Gasteiger partial charge in [-0.1, -0.05) is 36.8 Å². The molecule has 0 unspecified atom stereocenters. The first-order chi connectivity index (χ1) is 12.9. The number of amides is 1. The Morgan fingerprint density at radius 1 is 1.30 bits per heavy atom. The van der Waals surface area contributed by atoms with Gasteiger partial charge < -0.3 is 0 Å². The van der Waals surface area contributed by atoms with Crippen LogP contribution in [0.3, 0.4) is 0 Å². The fourth-order valence-electron chi connectivity index (χ4n) is 2.78. The highest BCUT2D eigenvalue weighted by Gasteiger charge is 2.15. The second kappa shape index (κ2) is 9.80. The molecule has 1 N–H and O–H groups in total. The highest BCUT2D eigenvalue weighted by atomic mass is 16.2. The fraction of sp³-hybridized carbons (Fsp3) is 0.429. The summed E-state index contributed by atoms with van der Waals surface area (Å²) in [5.74, 6) is 0.0732. The Labute approximate surface area is 160 Å². The first kappa shape index (κ1) is 20.6. The van der Waals surface area contributed by atoms with Crippen LogP contribution >= 0.6 is 0 Å². The van der Waals surface area contributed by atoms with Gasteiger partial charge in [-0.25, -0.2) is 10.1 Å². The lowest BCUT2D eigenvalue weighted by atomic mass is 10.0. The van der Waals surface area contributed by atoms with Crippen LogP contribution in [0.5, 0.6) is 0 Å². The molecule has 0 aliphatic heterocycles. The SMILES string of the molecule is CCn1nc(C(=O)N/N=C\C[C@@H](C)CCC=C(C)C)c2ccccc2c1=O. The molecule has 2 aromatic rings. The lowest BCUT2D eigenvalue weighted by Crippen LogP contribution is -2.28. The summed E-state index contributed by atoms with van der Waals surface area (Å²) in [5, 5.41) is 9.27. The minimum atomic E-state index is -0.415. The van der Waals surface area contributed by atoms with Crippen molar-refractivity contribution in [2.24, 2.45) is 11.0 Å². The first-order valence-electron chi connectivity index (χ1n) is 9.39. The molecule has 144 valence electrons. The Kier molecular flexibility index (Phi) is 7.46. The summed E-state index contributed by atoms with van der Waals surface area (Å²) in [4.78, 5) is 24.9. The number of nitrogens with one attached hydrogen (secondary N) is 1. The molecule has 27 heavy (non-hydrogen) atoms. The van der Waals surface area contributed by atoms with Gasteiger partial charge in [-0.2, -0.15) is 10.2 Å². The molecule has 0 aliphatic rings. The van der Waals surface area contributed by atoms with Gasteiger partial charge >= 0.3 is 0 Å². The number of allylic oxidation sites excluding steroid dienone is 2. The van der Waals surface area contributed by atoms with E-state index in [-0.39, 0.29) is 11.3 Å². The molecule has 1 aromatic heterocycles. The van der Waals surface area contributed by atoms with E-state index >= 15 is 0 Å². The summed E-state index contributed by atoms with van der Waals surface area (Å²) < 4.78 is 1.30. The van der Waals surface area contributed by atoms with Gasteiger partial charge in [-0.3, -0.25) is 9.59 Å². The lowest BCUT2D eigenvalue weighted by Gasteiger charge is -2.08. The summed E-state index contributed by atoms with van der Waals surface area (Å²) in [7, 11) is 0. The number of aromatic nitrogens is 2. The maximum absolute atomic E-state index is 12.5. The molecule has 0 radical (unpaired) electrons. The number of hydrogen-bond acceptors (Lipinski definition) is 4. The quantitative estimate of drug-likeness (QED) is 0.436. The van der Waals surface area contributed by atoms with Gasteiger partial charge in [0.2, 0.25) is 0 Å². The Hall–Kier alpha value is -2.76. The number of hydrazone groups is 1. The Morgan fingerprint density at radius 2 is 2.00 bits per heavy atom. The van der Waals surface area contributed by atoms with E-state index in [9.17, 15) is 9.59 Å². The van der Waals surface area contributed by atoms with Crippen molar-refractivity contribution in [3.63, 3.8) is 0 Å². The van der Waals surface area contributed by atoms with Crippen molar-refractivity contribution >= 4 is 22.9 Å². The minimum absolute atomic E-state index is 0.196. The molecule has 0 saturated heterocycles. The molecule has 0 saturated carbocycles. The van der Waals surface area contributed by atoms with Crippen LogP contribution < -0.4 is 11.0 Å². The smallest absolute Gasteiger partial charge is 0.267 e. The van der Waals surface area contributed by atoms with Crippen LogP contribution in [-0.2, 0) is 6.54 Å². The van der Waals surface area contributed by atoms with Crippen molar-refractivity contribution in [2.75, 3.05) is 0 Å². The van der Waals surface area contributed by atoms with Crippen LogP contribution in [-0.4, -0.2) is 21.9 Å². The molecule has 1 amide bonds. The van der Waals surface area contributed by atoms with Crippen LogP contribution in [0.15, 0.2) is 45.8 Å². The maximum atomic E-state index is 12.5. The standard InChI is InChI=1S/C21H28N4O2/c1-5-25-21(27)18-12-7-6-11-17(18)19(24-25)20(26)23-22-14-13-16(4)10-8-9-15(2)3/h6-7,9,11-12,14,16H,5,8,10,13H2,1-4H3,(H,23,26)/b22-14-/t16-/m0/s1. The fourth-order valence-corrected chi connectivity index (χ4v) is 2.78. The average Bonchev–Trinajstić information content (AvgIpc) is 2.65. The number of aryl methyl sites for hydroxylation is 1. The van der Waals surface area contributed by atoms with Gasteiger partial charge in [0, 0.05) is 18.1 Å². The zero-order valence-electron chi connectivity index (χ0n) is 16.5. The zero-order chi connectivity index (χ0) is 19.8. The van der Waals surface area contributed by atoms with Gasteiger partial charge in [0.1, 0.15) is 0 Å². The third-order valence-electron chi connectivity index (χ3n) is 4.36. The lowest BCUT2D eigenvalue weighted by molar-refractivity contribution is 0.0949. The van der Waals surface area contributed by atoms with E-state index in [4.69, 9.17) is 0 Å². The molecule has 0 aliphatic carbocycles. The maximum Gasteiger partial charge on any atom is 0.292 e. The summed E-state index contributed by atoms with van der Waals surface area (Å²) in [6, 6.07) is 7.00. The third-order valence-corrected chi connectivity index (χ3v) is 4.36. The Bertz CT molecular complexity index is 908. The van der Waals surface area contributed by atoms with E-state index in [0.717, 1.165) is 19.3 Å². The highest BCUT2D eigenvalue weighted by molar-refractivity contribution is 6.04. The number of hydrogen-bond donors (Lipinski definition) is 1. The molecule has 0 bridgehead atoms. The van der Waals surface area contributed by atoms with Gasteiger partial charge in [0.25, 0.3) is 11.5 Å². The van der Waals surface area contributed by atoms with Crippen molar-refractivity contribution in [3.05, 3.63) is 52.0 Å². The number of carbonyl (C=O) groups is 1. The largest absolute Gasteiger partial charge is 0.292 e. The second-order valence-electron chi connectivity index (χ2n) is 6.97. The number of fused-ring (bicyclic) bond motifs is 1. The van der Waals surface area contributed by atoms with Gasteiger partial charge in [0.05, 0.1) is 5.39 Å². The van der Waals surface area contributed by atoms with Crippen molar-refractivity contribution in [2.45, 2.75) is 53.5 Å². The summed E-state index contributed by atoms with van der Waals surface area (Å²) in [6.07, 6.45) is 6.88. The summed E-state index contributed by atoms with van der Waals surface area (Å²) in [5.41, 5.74) is 3.88. The van der Waals surface area contributed by atoms with Gasteiger partial charge in [-0.05, 0) is 52.0 Å². The molecule has 1 aromatic carbocycles. The van der Waals surface area contributed by atoms with Crippen LogP contribution in [0, 0.1) is 5.92 Å². The molecule has 0 fully saturated rings. The molecule has 1 atom stereocenters. The topological polar surface area (TPSA) is 76.3 Å². The molecule has 6 heteroatoms. The number of carbonyl (C=O) groups excluding carboxylic acids is 1. The Morgan fingerprint density at radius 3 is 2.67 bits per heavy atom. The average molecular weight is 368 g/mol. The van der Waals surface area contributed by atoms with E-state index in [1.165, 1.54) is 10.3 Å². The molecule has 0 spiro atoms. The zero-order valence-corrected chi connectivity index (χ0v) is 16.5. The van der Waals surface area contributed by atoms with E-state index in [1.807, 2.05) is 6.92 Å². The van der Waals surface area contributed by atoms with E-state index < -0.39 is 5.91 Å². The monoisotopic (exact) mass is 368 g/mol. The van der Waals surface area contributed by atoms with E-state index in [0.29, 0.717) is 23.2 Å². The number of rotatable bonds is 8. The number of nitrogens with zero attached hydrogens (tertiary/aromatic N) is 3. The van der Waals surface area contributed by atoms with Crippen LogP contribution in [0.4, 0.5) is 0 Å². The molecular weight excluding hydrogens is 340 g/mol. The van der Waals surface area contributed by atoms with Crippen molar-refractivity contribution in [1.29, 1.82) is 0 Å². The minimum Gasteiger partial charge on any atom is -0.267 e. The van der Waals surface area contributed by atoms with Gasteiger partial charge in [-0.15, -0.1) is 0 Å². The molecular formula is C21H28N4O2. The Balaban J connectivity index is 2.05. The third kappa shape index (κ3) is 5.61. The van der Waals surface area contributed by atoms with Crippen LogP contribution in [0.25, 0.3) is 10.8 Å². The van der Waals surface area contributed by atoms with Crippen molar-refractivity contribution < 1.29 is 4.79 Å². The summed E-state index contributed by atoms with van der Waals surface area (Å²) >= 11 is 0. The van der Waals surface area contributed by atoms with E-state index in [1.54, 1.807) is 30.5 Å². The predicted molar refractivity (Wildman–Crippen MR) is 110 cm³/mol. The number of benzene rings is 1. The highest BCUT2D eigenvalue weighted by Crippen LogP contribution is 2.13. The first-order valence-corrected chi connectivity index (χ1v) is 9.39. The second-order valence-corrected chi connectivity index (χ2v) is 6.97. The van der Waals surface area contributed by atoms with Crippen molar-refractivity contribution in [1.82, 2.24) is 15.2 Å². The molecule has 6 nitrogen and oxygen atoms in total. The molecule has 1 heterocycles. The van der Waals surface area contributed by atoms with Crippen LogP contribution in [0.1, 0.15) is 57.4 Å². The van der Waals surface area contributed by atoms with Crippen LogP contribution in [0.2, 0.25) is 0 Å². The summed E-state index contributed by atoms with van der Waals surface area (Å²) in [6.45, 7) is 8.58. The molecule has 2 rings (SSSR count). The van der Waals surface area contributed by atoms with Gasteiger partial charge in [0.15, 0.2) is 5.69 Å².